The van der Waals surface area contributed by atoms with Gasteiger partial charge >= 0.3 is 23.9 Å². The Hall–Kier alpha value is -2.87. The van der Waals surface area contributed by atoms with Crippen molar-refractivity contribution >= 4 is 47.5 Å². The van der Waals surface area contributed by atoms with Gasteiger partial charge in [0.05, 0.1) is 18.6 Å². The minimum absolute atomic E-state index is 0.192. The summed E-state index contributed by atoms with van der Waals surface area (Å²) in [5.74, 6) is -5.74. The second-order valence-electron chi connectivity index (χ2n) is 7.77. The molecule has 13 nitrogen and oxygen atoms in total. The number of nitrogens with one attached hydrogen (secondary N) is 2. The molecule has 1 unspecified atom stereocenters. The van der Waals surface area contributed by atoms with Gasteiger partial charge in [-0.3, -0.25) is 28.8 Å². The Morgan fingerprint density at radius 1 is 0.971 bits per heavy atom. The van der Waals surface area contributed by atoms with Crippen LogP contribution in [0.4, 0.5) is 0 Å². The maximum atomic E-state index is 12.4. The molecule has 0 spiro atoms. The maximum absolute atomic E-state index is 12.4. The number of hydrogen-bond acceptors (Lipinski definition) is 10. The molecule has 0 heterocycles. The van der Waals surface area contributed by atoms with Gasteiger partial charge in [0, 0.05) is 12.2 Å². The quantitative estimate of drug-likeness (QED) is 0.163. The van der Waals surface area contributed by atoms with E-state index in [0.29, 0.717) is 0 Å². The third-order valence-electron chi connectivity index (χ3n) is 3.86. The van der Waals surface area contributed by atoms with Crippen LogP contribution in [-0.4, -0.2) is 87.7 Å². The number of carboxylic acid groups (broad SMARTS) is 2. The molecule has 0 saturated heterocycles. The fourth-order valence-corrected chi connectivity index (χ4v) is 3.44. The lowest BCUT2D eigenvalue weighted by molar-refractivity contribution is -0.153. The van der Waals surface area contributed by atoms with E-state index < -0.39 is 71.8 Å². The first-order chi connectivity index (χ1) is 15.7. The summed E-state index contributed by atoms with van der Waals surface area (Å²) in [6, 6.07) is -2.56. The number of aliphatic carboxylic acids is 2. The zero-order valence-corrected chi connectivity index (χ0v) is 20.4. The van der Waals surface area contributed by atoms with Crippen LogP contribution in [0.25, 0.3) is 0 Å². The molecule has 0 aliphatic rings. The molecule has 0 aliphatic carbocycles. The van der Waals surface area contributed by atoms with Gasteiger partial charge in [-0.15, -0.1) is 11.8 Å². The number of esters is 2. The molecule has 0 bridgehead atoms. The lowest BCUT2D eigenvalue weighted by Gasteiger charge is -2.22. The summed E-state index contributed by atoms with van der Waals surface area (Å²) in [5, 5.41) is 21.0. The van der Waals surface area contributed by atoms with Gasteiger partial charge in [0.2, 0.25) is 11.8 Å². The highest BCUT2D eigenvalue weighted by Gasteiger charge is 2.30. The zero-order valence-electron chi connectivity index (χ0n) is 19.6. The molecule has 14 heteroatoms. The van der Waals surface area contributed by atoms with E-state index in [0.717, 1.165) is 11.8 Å². The topological polar surface area (TPSA) is 211 Å². The van der Waals surface area contributed by atoms with Crippen LogP contribution in [-0.2, 0) is 38.2 Å². The number of carbonyl (C=O) groups is 6. The van der Waals surface area contributed by atoms with E-state index in [1.54, 1.807) is 27.7 Å². The lowest BCUT2D eigenvalue weighted by Crippen LogP contribution is -2.50. The van der Waals surface area contributed by atoms with Gasteiger partial charge in [0.15, 0.2) is 0 Å². The molecule has 0 aromatic carbocycles. The van der Waals surface area contributed by atoms with E-state index in [4.69, 9.17) is 25.4 Å². The van der Waals surface area contributed by atoms with Crippen molar-refractivity contribution in [3.05, 3.63) is 0 Å². The average molecular weight is 508 g/mol. The first kappa shape index (κ1) is 31.1. The molecule has 34 heavy (non-hydrogen) atoms. The number of thioether (sulfide) groups is 1. The average Bonchev–Trinajstić information content (AvgIpc) is 2.70. The van der Waals surface area contributed by atoms with Crippen LogP contribution in [0.3, 0.4) is 0 Å². The highest BCUT2D eigenvalue weighted by atomic mass is 32.2. The van der Waals surface area contributed by atoms with Crippen LogP contribution in [0.1, 0.15) is 47.0 Å². The number of ether oxygens (including phenoxy) is 2. The molecule has 0 aromatic rings. The maximum Gasteiger partial charge on any atom is 0.322 e. The molecular formula is C20H33N3O10S. The van der Waals surface area contributed by atoms with Gasteiger partial charge in [-0.2, -0.15) is 0 Å². The molecule has 0 rings (SSSR count). The van der Waals surface area contributed by atoms with E-state index >= 15 is 0 Å². The van der Waals surface area contributed by atoms with Crippen LogP contribution in [0.5, 0.6) is 0 Å². The highest BCUT2D eigenvalue weighted by molar-refractivity contribution is 8.00. The van der Waals surface area contributed by atoms with Gasteiger partial charge in [-0.1, -0.05) is 0 Å². The lowest BCUT2D eigenvalue weighted by atomic mass is 10.1. The van der Waals surface area contributed by atoms with Gasteiger partial charge < -0.3 is 36.1 Å². The van der Waals surface area contributed by atoms with Gasteiger partial charge in [-0.05, 0) is 34.1 Å². The third kappa shape index (κ3) is 14.3. The second kappa shape index (κ2) is 15.9. The SMILES string of the molecule is CC(C)OC(=O)CC(SC[C@H](NC(=O)CC[C@H](N)C(=O)O)C(=O)NCC(=O)O)C(=O)OC(C)C. The minimum atomic E-state index is -1.31. The van der Waals surface area contributed by atoms with Crippen molar-refractivity contribution in [2.75, 3.05) is 12.3 Å². The van der Waals surface area contributed by atoms with Crippen LogP contribution >= 0.6 is 11.8 Å². The van der Waals surface area contributed by atoms with Crippen LogP contribution in [0.15, 0.2) is 0 Å². The van der Waals surface area contributed by atoms with Crippen LogP contribution in [0, 0.1) is 0 Å². The molecule has 0 aromatic heterocycles. The summed E-state index contributed by atoms with van der Waals surface area (Å²) >= 11 is 0.852. The molecule has 194 valence electrons. The Morgan fingerprint density at radius 3 is 2.06 bits per heavy atom. The number of carbonyl (C=O) groups excluding carboxylic acids is 4. The fraction of sp³-hybridized carbons (Fsp3) is 0.700. The summed E-state index contributed by atoms with van der Waals surface area (Å²) in [7, 11) is 0. The Kier molecular flexibility index (Phi) is 14.5. The predicted molar refractivity (Wildman–Crippen MR) is 121 cm³/mol. The second-order valence-corrected chi connectivity index (χ2v) is 9.00. The Labute approximate surface area is 201 Å². The summed E-state index contributed by atoms with van der Waals surface area (Å²) in [6.07, 6.45) is -1.73. The van der Waals surface area contributed by atoms with Gasteiger partial charge in [0.1, 0.15) is 23.9 Å². The molecule has 0 fully saturated rings. The Balaban J connectivity index is 5.37. The van der Waals surface area contributed by atoms with E-state index in [2.05, 4.69) is 10.6 Å². The number of amides is 2. The van der Waals surface area contributed by atoms with E-state index in [9.17, 15) is 28.8 Å². The Bertz CT molecular complexity index is 744. The monoisotopic (exact) mass is 507 g/mol. The van der Waals surface area contributed by atoms with Crippen molar-refractivity contribution < 1.29 is 48.5 Å². The van der Waals surface area contributed by atoms with Crippen molar-refractivity contribution in [1.29, 1.82) is 0 Å². The van der Waals surface area contributed by atoms with E-state index in [1.165, 1.54) is 0 Å². The zero-order chi connectivity index (χ0) is 26.4. The predicted octanol–water partition coefficient (Wildman–Crippen LogP) is -0.741. The molecule has 2 amide bonds. The summed E-state index contributed by atoms with van der Waals surface area (Å²) in [4.78, 5) is 70.7. The molecule has 3 atom stereocenters. The number of nitrogens with two attached hydrogens (primary N) is 1. The summed E-state index contributed by atoms with van der Waals surface area (Å²) < 4.78 is 10.2. The van der Waals surface area contributed by atoms with Crippen LogP contribution in [0.2, 0.25) is 0 Å². The molecule has 6 N–H and O–H groups in total. The van der Waals surface area contributed by atoms with E-state index in [1.807, 2.05) is 0 Å². The van der Waals surface area contributed by atoms with Crippen molar-refractivity contribution in [3.63, 3.8) is 0 Å². The first-order valence-corrected chi connectivity index (χ1v) is 11.6. The van der Waals surface area contributed by atoms with Crippen molar-refractivity contribution in [2.45, 2.75) is 76.5 Å². The minimum Gasteiger partial charge on any atom is -0.480 e. The largest absolute Gasteiger partial charge is 0.480 e. The summed E-state index contributed by atoms with van der Waals surface area (Å²) in [6.45, 7) is 5.81. The highest BCUT2D eigenvalue weighted by Crippen LogP contribution is 2.20. The summed E-state index contributed by atoms with van der Waals surface area (Å²) in [5.41, 5.74) is 5.37. The smallest absolute Gasteiger partial charge is 0.322 e. The van der Waals surface area contributed by atoms with Crippen LogP contribution < -0.4 is 16.4 Å². The van der Waals surface area contributed by atoms with Gasteiger partial charge in [0.25, 0.3) is 0 Å². The third-order valence-corrected chi connectivity index (χ3v) is 5.15. The van der Waals surface area contributed by atoms with Crippen molar-refractivity contribution in [1.82, 2.24) is 10.6 Å². The number of hydrogen-bond donors (Lipinski definition) is 5. The van der Waals surface area contributed by atoms with Crippen molar-refractivity contribution in [2.24, 2.45) is 5.73 Å². The molecule has 0 radical (unpaired) electrons. The molecule has 0 aliphatic heterocycles. The standard InChI is InChI=1S/C20H33N3O10S/c1-10(2)32-17(27)7-14(20(31)33-11(3)4)34-9-13(18(28)22-8-16(25)26)23-15(24)6-5-12(21)19(29)30/h10-14H,5-9,21H2,1-4H3,(H,22,28)(H,23,24)(H,25,26)(H,29,30)/t12-,13-,14?/m0/s1. The van der Waals surface area contributed by atoms with Gasteiger partial charge in [-0.25, -0.2) is 0 Å². The first-order valence-electron chi connectivity index (χ1n) is 10.5. The van der Waals surface area contributed by atoms with Crippen molar-refractivity contribution in [3.8, 4) is 0 Å². The normalized spacial score (nSPS) is 13.5. The Morgan fingerprint density at radius 2 is 1.56 bits per heavy atom. The molecule has 0 saturated carbocycles. The number of rotatable bonds is 16. The number of carboxylic acids is 2. The fourth-order valence-electron chi connectivity index (χ4n) is 2.34. The van der Waals surface area contributed by atoms with E-state index in [-0.39, 0.29) is 25.0 Å². The molecular weight excluding hydrogens is 474 g/mol.